The van der Waals surface area contributed by atoms with Crippen molar-refractivity contribution in [1.82, 2.24) is 0 Å². The first-order valence-electron chi connectivity index (χ1n) is 7.50. The largest absolute Gasteiger partial charge is 0.381 e. The molecular weight excluding hydrogens is 228 g/mol. The van der Waals surface area contributed by atoms with Crippen molar-refractivity contribution < 1.29 is 14.3 Å². The molecule has 0 aromatic carbocycles. The number of ether oxygens (including phenoxy) is 2. The molecule has 0 aromatic heterocycles. The molecule has 2 rings (SSSR count). The monoisotopic (exact) mass is 254 g/mol. The summed E-state index contributed by atoms with van der Waals surface area (Å²) in [6.45, 7) is 4.22. The maximum Gasteiger partial charge on any atom is 0.138 e. The van der Waals surface area contributed by atoms with Gasteiger partial charge in [-0.2, -0.15) is 0 Å². The van der Waals surface area contributed by atoms with E-state index in [4.69, 9.17) is 9.47 Å². The summed E-state index contributed by atoms with van der Waals surface area (Å²) in [5, 5.41) is 0. The fourth-order valence-electron chi connectivity index (χ4n) is 3.29. The lowest BCUT2D eigenvalue weighted by Gasteiger charge is -2.37. The SMILES string of the molecule is CCCOCCC(=O)C1CCOC2(CCCC2)C1. The standard InChI is InChI=1S/C15H26O3/c1-2-9-17-10-6-14(16)13-5-11-18-15(12-13)7-3-4-8-15/h13H,2-12H2,1H3. The van der Waals surface area contributed by atoms with Crippen LogP contribution in [0.15, 0.2) is 0 Å². The zero-order valence-electron chi connectivity index (χ0n) is 11.6. The van der Waals surface area contributed by atoms with Gasteiger partial charge in [0.15, 0.2) is 0 Å². The maximum absolute atomic E-state index is 12.2. The third kappa shape index (κ3) is 3.55. The van der Waals surface area contributed by atoms with Gasteiger partial charge in [0.1, 0.15) is 5.78 Å². The van der Waals surface area contributed by atoms with Gasteiger partial charge in [0.05, 0.1) is 12.2 Å². The van der Waals surface area contributed by atoms with Crippen molar-refractivity contribution in [3.63, 3.8) is 0 Å². The number of hydrogen-bond acceptors (Lipinski definition) is 3. The second-order valence-electron chi connectivity index (χ2n) is 5.76. The minimum atomic E-state index is 0.0584. The Balaban J connectivity index is 1.75. The summed E-state index contributed by atoms with van der Waals surface area (Å²) in [6, 6.07) is 0. The molecule has 1 spiro atoms. The van der Waals surface area contributed by atoms with Crippen LogP contribution in [0.25, 0.3) is 0 Å². The van der Waals surface area contributed by atoms with Crippen LogP contribution in [0.1, 0.15) is 58.3 Å². The Kier molecular flexibility index (Phi) is 5.19. The molecule has 1 saturated carbocycles. The van der Waals surface area contributed by atoms with E-state index < -0.39 is 0 Å². The highest BCUT2D eigenvalue weighted by Crippen LogP contribution is 2.42. The molecule has 2 aliphatic rings. The Labute approximate surface area is 110 Å². The number of carbonyl (C=O) groups is 1. The summed E-state index contributed by atoms with van der Waals surface area (Å²) in [6.07, 6.45) is 8.32. The predicted octanol–water partition coefficient (Wildman–Crippen LogP) is 3.11. The lowest BCUT2D eigenvalue weighted by molar-refractivity contribution is -0.137. The first-order chi connectivity index (χ1) is 8.76. The molecule has 1 aliphatic heterocycles. The average Bonchev–Trinajstić information content (AvgIpc) is 2.82. The Hall–Kier alpha value is -0.410. The van der Waals surface area contributed by atoms with E-state index in [-0.39, 0.29) is 11.5 Å². The third-order valence-electron chi connectivity index (χ3n) is 4.30. The smallest absolute Gasteiger partial charge is 0.138 e. The quantitative estimate of drug-likeness (QED) is 0.683. The van der Waals surface area contributed by atoms with E-state index in [1.54, 1.807) is 0 Å². The Morgan fingerprint density at radius 1 is 1.33 bits per heavy atom. The molecule has 0 radical (unpaired) electrons. The van der Waals surface area contributed by atoms with Crippen molar-refractivity contribution in [1.29, 1.82) is 0 Å². The lowest BCUT2D eigenvalue weighted by Crippen LogP contribution is -2.39. The van der Waals surface area contributed by atoms with Crippen LogP contribution in [-0.4, -0.2) is 31.2 Å². The molecule has 1 heterocycles. The maximum atomic E-state index is 12.2. The number of rotatable bonds is 6. The van der Waals surface area contributed by atoms with Crippen LogP contribution in [-0.2, 0) is 14.3 Å². The van der Waals surface area contributed by atoms with Gasteiger partial charge in [-0.3, -0.25) is 4.79 Å². The molecular formula is C15H26O3. The molecule has 1 unspecified atom stereocenters. The van der Waals surface area contributed by atoms with E-state index in [9.17, 15) is 4.79 Å². The number of hydrogen-bond donors (Lipinski definition) is 0. The molecule has 1 aliphatic carbocycles. The highest BCUT2D eigenvalue weighted by Gasteiger charge is 2.41. The van der Waals surface area contributed by atoms with Crippen molar-refractivity contribution in [3.8, 4) is 0 Å². The highest BCUT2D eigenvalue weighted by molar-refractivity contribution is 5.81. The van der Waals surface area contributed by atoms with Crippen LogP contribution in [0, 0.1) is 5.92 Å². The van der Waals surface area contributed by atoms with Crippen LogP contribution >= 0.6 is 0 Å². The molecule has 1 saturated heterocycles. The summed E-state index contributed by atoms with van der Waals surface area (Å²) in [7, 11) is 0. The van der Waals surface area contributed by atoms with E-state index in [0.29, 0.717) is 18.8 Å². The normalized spacial score (nSPS) is 26.6. The Bertz CT molecular complexity index is 269. The molecule has 2 fully saturated rings. The molecule has 3 nitrogen and oxygen atoms in total. The summed E-state index contributed by atoms with van der Waals surface area (Å²) in [4.78, 5) is 12.2. The summed E-state index contributed by atoms with van der Waals surface area (Å²) in [5.41, 5.74) is 0.0584. The van der Waals surface area contributed by atoms with Crippen molar-refractivity contribution >= 4 is 5.78 Å². The molecule has 104 valence electrons. The van der Waals surface area contributed by atoms with Crippen LogP contribution in [0.3, 0.4) is 0 Å². The molecule has 1 atom stereocenters. The van der Waals surface area contributed by atoms with Crippen molar-refractivity contribution in [2.45, 2.75) is 63.9 Å². The van der Waals surface area contributed by atoms with Crippen molar-refractivity contribution in [2.75, 3.05) is 19.8 Å². The highest BCUT2D eigenvalue weighted by atomic mass is 16.5. The molecule has 0 bridgehead atoms. The zero-order valence-corrected chi connectivity index (χ0v) is 11.6. The van der Waals surface area contributed by atoms with Crippen LogP contribution < -0.4 is 0 Å². The first kappa shape index (κ1) is 14.0. The first-order valence-corrected chi connectivity index (χ1v) is 7.50. The van der Waals surface area contributed by atoms with E-state index in [0.717, 1.165) is 45.3 Å². The molecule has 3 heteroatoms. The van der Waals surface area contributed by atoms with Gasteiger partial charge in [-0.1, -0.05) is 19.8 Å². The van der Waals surface area contributed by atoms with Crippen LogP contribution in [0.2, 0.25) is 0 Å². The van der Waals surface area contributed by atoms with Gasteiger partial charge in [-0.15, -0.1) is 0 Å². The van der Waals surface area contributed by atoms with Gasteiger partial charge in [0, 0.05) is 25.6 Å². The molecule has 0 N–H and O–H groups in total. The van der Waals surface area contributed by atoms with Gasteiger partial charge in [-0.05, 0) is 32.1 Å². The molecule has 0 amide bonds. The van der Waals surface area contributed by atoms with Gasteiger partial charge in [-0.25, -0.2) is 0 Å². The van der Waals surface area contributed by atoms with E-state index in [2.05, 4.69) is 6.92 Å². The van der Waals surface area contributed by atoms with E-state index in [1.165, 1.54) is 12.8 Å². The molecule has 0 aromatic rings. The minimum absolute atomic E-state index is 0.0584. The van der Waals surface area contributed by atoms with Crippen molar-refractivity contribution in [2.24, 2.45) is 5.92 Å². The topological polar surface area (TPSA) is 35.5 Å². The van der Waals surface area contributed by atoms with E-state index >= 15 is 0 Å². The Morgan fingerprint density at radius 3 is 2.83 bits per heavy atom. The fourth-order valence-corrected chi connectivity index (χ4v) is 3.29. The summed E-state index contributed by atoms with van der Waals surface area (Å²) in [5.74, 6) is 0.614. The van der Waals surface area contributed by atoms with Crippen molar-refractivity contribution in [3.05, 3.63) is 0 Å². The summed E-state index contributed by atoms with van der Waals surface area (Å²) >= 11 is 0. The van der Waals surface area contributed by atoms with Gasteiger partial charge in [0.2, 0.25) is 0 Å². The molecule has 18 heavy (non-hydrogen) atoms. The second kappa shape index (κ2) is 6.67. The lowest BCUT2D eigenvalue weighted by atomic mass is 9.82. The number of carbonyl (C=O) groups excluding carboxylic acids is 1. The fraction of sp³-hybridized carbons (Fsp3) is 0.933. The number of ketones is 1. The van der Waals surface area contributed by atoms with E-state index in [1.807, 2.05) is 0 Å². The van der Waals surface area contributed by atoms with Gasteiger partial charge < -0.3 is 9.47 Å². The Morgan fingerprint density at radius 2 is 2.11 bits per heavy atom. The van der Waals surface area contributed by atoms with Crippen LogP contribution in [0.4, 0.5) is 0 Å². The second-order valence-corrected chi connectivity index (χ2v) is 5.76. The predicted molar refractivity (Wildman–Crippen MR) is 70.6 cm³/mol. The average molecular weight is 254 g/mol. The zero-order chi connectivity index (χ0) is 12.8. The van der Waals surface area contributed by atoms with Gasteiger partial charge in [0.25, 0.3) is 0 Å². The van der Waals surface area contributed by atoms with Gasteiger partial charge >= 0.3 is 0 Å². The third-order valence-corrected chi connectivity index (χ3v) is 4.30. The minimum Gasteiger partial charge on any atom is -0.381 e. The number of Topliss-reactive ketones (excluding diaryl/α,β-unsaturated/α-hetero) is 1. The van der Waals surface area contributed by atoms with Crippen LogP contribution in [0.5, 0.6) is 0 Å². The summed E-state index contributed by atoms with van der Waals surface area (Å²) < 4.78 is 11.4.